The molecule has 4 nitrogen and oxygen atoms in total. The van der Waals surface area contributed by atoms with Crippen molar-refractivity contribution in [3.8, 4) is 0 Å². The number of nitrogens with zero attached hydrogens (tertiary/aromatic N) is 3. The SMILES string of the molecule is C[C@H](O)C1CCN(c2nccnc2Cl)CC1. The minimum atomic E-state index is -0.223. The zero-order valence-corrected chi connectivity index (χ0v) is 10.1. The molecule has 0 spiro atoms. The van der Waals surface area contributed by atoms with Gasteiger partial charge in [0.25, 0.3) is 0 Å². The molecule has 2 rings (SSSR count). The van der Waals surface area contributed by atoms with Crippen LogP contribution in [-0.4, -0.2) is 34.3 Å². The van der Waals surface area contributed by atoms with E-state index in [1.165, 1.54) is 0 Å². The Morgan fingerprint density at radius 2 is 2.00 bits per heavy atom. The number of hydrogen-bond acceptors (Lipinski definition) is 4. The van der Waals surface area contributed by atoms with Crippen LogP contribution in [0.1, 0.15) is 19.8 Å². The standard InChI is InChI=1S/C11H16ClN3O/c1-8(16)9-2-6-15(7-3-9)11-10(12)13-4-5-14-11/h4-5,8-9,16H,2-3,6-7H2,1H3/t8-/m0/s1. The average Bonchev–Trinajstić information content (AvgIpc) is 2.30. The molecule has 0 radical (unpaired) electrons. The molecule has 5 heteroatoms. The molecule has 1 fully saturated rings. The fourth-order valence-electron chi connectivity index (χ4n) is 2.12. The van der Waals surface area contributed by atoms with Gasteiger partial charge in [0.2, 0.25) is 0 Å². The molecule has 1 aliphatic rings. The summed E-state index contributed by atoms with van der Waals surface area (Å²) in [6.07, 6.45) is 4.98. The predicted octanol–water partition coefficient (Wildman–Crippen LogP) is 1.73. The van der Waals surface area contributed by atoms with Crippen molar-refractivity contribution in [1.29, 1.82) is 0 Å². The van der Waals surface area contributed by atoms with Crippen LogP contribution in [0.3, 0.4) is 0 Å². The van der Waals surface area contributed by atoms with Crippen LogP contribution in [0.25, 0.3) is 0 Å². The summed E-state index contributed by atoms with van der Waals surface area (Å²) in [6.45, 7) is 3.62. The smallest absolute Gasteiger partial charge is 0.171 e. The highest BCUT2D eigenvalue weighted by atomic mass is 35.5. The Labute approximate surface area is 100 Å². The monoisotopic (exact) mass is 241 g/mol. The van der Waals surface area contributed by atoms with E-state index in [0.29, 0.717) is 11.1 Å². The van der Waals surface area contributed by atoms with Crippen LogP contribution in [0.5, 0.6) is 0 Å². The molecule has 1 aliphatic heterocycles. The molecule has 1 aromatic rings. The van der Waals surface area contributed by atoms with E-state index in [2.05, 4.69) is 14.9 Å². The maximum atomic E-state index is 9.52. The van der Waals surface area contributed by atoms with E-state index < -0.39 is 0 Å². The van der Waals surface area contributed by atoms with Crippen molar-refractivity contribution in [1.82, 2.24) is 9.97 Å². The summed E-state index contributed by atoms with van der Waals surface area (Å²) >= 11 is 5.99. The number of halogens is 1. The fourth-order valence-corrected chi connectivity index (χ4v) is 2.34. The Bertz CT molecular complexity index is 351. The molecule has 2 heterocycles. The van der Waals surface area contributed by atoms with Gasteiger partial charge in [0.15, 0.2) is 11.0 Å². The second-order valence-electron chi connectivity index (χ2n) is 4.24. The second kappa shape index (κ2) is 4.97. The lowest BCUT2D eigenvalue weighted by molar-refractivity contribution is 0.110. The molecule has 0 amide bonds. The first kappa shape index (κ1) is 11.6. The van der Waals surface area contributed by atoms with Gasteiger partial charge in [-0.3, -0.25) is 0 Å². The summed E-state index contributed by atoms with van der Waals surface area (Å²) in [5.74, 6) is 1.15. The van der Waals surface area contributed by atoms with Crippen molar-refractivity contribution in [3.63, 3.8) is 0 Å². The molecule has 0 unspecified atom stereocenters. The molecule has 1 atom stereocenters. The molecule has 0 bridgehead atoms. The quantitative estimate of drug-likeness (QED) is 0.857. The summed E-state index contributed by atoms with van der Waals surface area (Å²) in [5, 5.41) is 9.97. The van der Waals surface area contributed by atoms with E-state index in [1.54, 1.807) is 12.4 Å². The Morgan fingerprint density at radius 1 is 1.38 bits per heavy atom. The van der Waals surface area contributed by atoms with Crippen molar-refractivity contribution in [3.05, 3.63) is 17.5 Å². The summed E-state index contributed by atoms with van der Waals surface area (Å²) in [7, 11) is 0. The summed E-state index contributed by atoms with van der Waals surface area (Å²) in [4.78, 5) is 10.4. The van der Waals surface area contributed by atoms with Crippen molar-refractivity contribution >= 4 is 17.4 Å². The van der Waals surface area contributed by atoms with Gasteiger partial charge in [-0.15, -0.1) is 0 Å². The van der Waals surface area contributed by atoms with Crippen LogP contribution in [0.15, 0.2) is 12.4 Å². The summed E-state index contributed by atoms with van der Waals surface area (Å²) < 4.78 is 0. The number of anilines is 1. The number of hydrogen-bond donors (Lipinski definition) is 1. The van der Waals surface area contributed by atoms with E-state index in [1.807, 2.05) is 6.92 Å². The molecule has 16 heavy (non-hydrogen) atoms. The predicted molar refractivity (Wildman–Crippen MR) is 63.7 cm³/mol. The summed E-state index contributed by atoms with van der Waals surface area (Å²) in [6, 6.07) is 0. The number of aliphatic hydroxyl groups is 1. The first-order chi connectivity index (χ1) is 7.68. The largest absolute Gasteiger partial charge is 0.393 e. The van der Waals surface area contributed by atoms with Crippen LogP contribution in [0.4, 0.5) is 5.82 Å². The molecule has 1 N–H and O–H groups in total. The third kappa shape index (κ3) is 2.44. The molecule has 88 valence electrons. The Hall–Kier alpha value is -0.870. The van der Waals surface area contributed by atoms with Crippen LogP contribution >= 0.6 is 11.6 Å². The lowest BCUT2D eigenvalue weighted by Gasteiger charge is -2.34. The van der Waals surface area contributed by atoms with Crippen LogP contribution in [0.2, 0.25) is 5.15 Å². The molecular formula is C11H16ClN3O. The van der Waals surface area contributed by atoms with Gasteiger partial charge in [0, 0.05) is 25.5 Å². The van der Waals surface area contributed by atoms with E-state index >= 15 is 0 Å². The zero-order chi connectivity index (χ0) is 11.5. The lowest BCUT2D eigenvalue weighted by atomic mass is 9.92. The average molecular weight is 242 g/mol. The molecule has 0 saturated carbocycles. The highest BCUT2D eigenvalue weighted by Crippen LogP contribution is 2.27. The van der Waals surface area contributed by atoms with Gasteiger partial charge >= 0.3 is 0 Å². The van der Waals surface area contributed by atoms with Gasteiger partial charge in [-0.05, 0) is 25.7 Å². The minimum Gasteiger partial charge on any atom is -0.393 e. The minimum absolute atomic E-state index is 0.223. The van der Waals surface area contributed by atoms with Crippen LogP contribution < -0.4 is 4.90 Å². The third-order valence-electron chi connectivity index (χ3n) is 3.16. The number of aliphatic hydroxyl groups excluding tert-OH is 1. The van der Waals surface area contributed by atoms with Crippen molar-refractivity contribution in [2.45, 2.75) is 25.9 Å². The van der Waals surface area contributed by atoms with Crippen LogP contribution in [-0.2, 0) is 0 Å². The van der Waals surface area contributed by atoms with E-state index in [-0.39, 0.29) is 6.10 Å². The van der Waals surface area contributed by atoms with Crippen molar-refractivity contribution < 1.29 is 5.11 Å². The van der Waals surface area contributed by atoms with E-state index in [0.717, 1.165) is 31.7 Å². The highest BCUT2D eigenvalue weighted by molar-refractivity contribution is 6.31. The first-order valence-corrected chi connectivity index (χ1v) is 5.96. The normalized spacial score (nSPS) is 19.8. The molecule has 0 aromatic carbocycles. The van der Waals surface area contributed by atoms with E-state index in [9.17, 15) is 5.11 Å². The van der Waals surface area contributed by atoms with Crippen molar-refractivity contribution in [2.75, 3.05) is 18.0 Å². The highest BCUT2D eigenvalue weighted by Gasteiger charge is 2.24. The van der Waals surface area contributed by atoms with Gasteiger partial charge in [-0.1, -0.05) is 11.6 Å². The fraction of sp³-hybridized carbons (Fsp3) is 0.636. The molecule has 1 aromatic heterocycles. The van der Waals surface area contributed by atoms with Gasteiger partial charge in [0.1, 0.15) is 0 Å². The maximum absolute atomic E-state index is 9.52. The zero-order valence-electron chi connectivity index (χ0n) is 9.30. The van der Waals surface area contributed by atoms with Gasteiger partial charge in [-0.2, -0.15) is 0 Å². The van der Waals surface area contributed by atoms with Crippen LogP contribution in [0, 0.1) is 5.92 Å². The Kier molecular flexibility index (Phi) is 3.61. The van der Waals surface area contributed by atoms with Gasteiger partial charge in [-0.25, -0.2) is 9.97 Å². The number of piperidine rings is 1. The Morgan fingerprint density at radius 3 is 2.56 bits per heavy atom. The second-order valence-corrected chi connectivity index (χ2v) is 4.59. The topological polar surface area (TPSA) is 49.2 Å². The van der Waals surface area contributed by atoms with E-state index in [4.69, 9.17) is 11.6 Å². The first-order valence-electron chi connectivity index (χ1n) is 5.58. The molecule has 0 aliphatic carbocycles. The third-order valence-corrected chi connectivity index (χ3v) is 3.42. The van der Waals surface area contributed by atoms with Crippen molar-refractivity contribution in [2.24, 2.45) is 5.92 Å². The van der Waals surface area contributed by atoms with Gasteiger partial charge in [0.05, 0.1) is 6.10 Å². The van der Waals surface area contributed by atoms with Gasteiger partial charge < -0.3 is 10.0 Å². The summed E-state index contributed by atoms with van der Waals surface area (Å²) in [5.41, 5.74) is 0. The Balaban J connectivity index is 2.02. The lowest BCUT2D eigenvalue weighted by Crippen LogP contribution is -2.37. The molecule has 1 saturated heterocycles. The number of rotatable bonds is 2. The number of aromatic nitrogens is 2. The molecular weight excluding hydrogens is 226 g/mol. The maximum Gasteiger partial charge on any atom is 0.171 e.